The summed E-state index contributed by atoms with van der Waals surface area (Å²) in [6.07, 6.45) is 7.58. The van der Waals surface area contributed by atoms with Gasteiger partial charge >= 0.3 is 0 Å². The molecule has 0 atom stereocenters. The van der Waals surface area contributed by atoms with Gasteiger partial charge in [-0.05, 0) is 36.5 Å². The molecule has 0 aliphatic heterocycles. The largest absolute Gasteiger partial charge is 0.467 e. The quantitative estimate of drug-likeness (QED) is 0.583. The highest BCUT2D eigenvalue weighted by atomic mass is 16.3. The van der Waals surface area contributed by atoms with Crippen LogP contribution in [0, 0.1) is 5.92 Å². The molecular weight excluding hydrogens is 376 g/mol. The van der Waals surface area contributed by atoms with Crippen molar-refractivity contribution in [2.45, 2.75) is 71.5 Å². The third kappa shape index (κ3) is 6.48. The summed E-state index contributed by atoms with van der Waals surface area (Å²) in [7, 11) is 0. The zero-order valence-corrected chi connectivity index (χ0v) is 18.3. The summed E-state index contributed by atoms with van der Waals surface area (Å²) in [4.78, 5) is 30.1. The van der Waals surface area contributed by atoms with Gasteiger partial charge in [0.15, 0.2) is 0 Å². The average Bonchev–Trinajstić information content (AvgIpc) is 3.25. The first-order valence-electron chi connectivity index (χ1n) is 11.2. The fourth-order valence-corrected chi connectivity index (χ4v) is 4.15. The van der Waals surface area contributed by atoms with Gasteiger partial charge in [0.1, 0.15) is 12.3 Å². The summed E-state index contributed by atoms with van der Waals surface area (Å²) >= 11 is 0. The Hall–Kier alpha value is -2.56. The first-order chi connectivity index (χ1) is 14.5. The van der Waals surface area contributed by atoms with E-state index in [0.29, 0.717) is 19.5 Å². The maximum atomic E-state index is 13.4. The lowest BCUT2D eigenvalue weighted by Gasteiger charge is -2.36. The number of carbonyl (C=O) groups excluding carboxylic acids is 2. The molecule has 30 heavy (non-hydrogen) atoms. The molecule has 1 aliphatic carbocycles. The first kappa shape index (κ1) is 22.1. The van der Waals surface area contributed by atoms with Crippen LogP contribution < -0.4 is 0 Å². The summed E-state index contributed by atoms with van der Waals surface area (Å²) in [6, 6.07) is 13.9. The van der Waals surface area contributed by atoms with Crippen LogP contribution in [-0.2, 0) is 22.7 Å². The minimum atomic E-state index is -0.0297. The SMILES string of the molecule is CC(C)CC(=O)N(CC(=O)N(Cc1ccccc1)Cc1ccco1)C1CCCCC1. The molecule has 0 radical (unpaired) electrons. The van der Waals surface area contributed by atoms with Crippen LogP contribution in [0.2, 0.25) is 0 Å². The van der Waals surface area contributed by atoms with Crippen molar-refractivity contribution >= 4 is 11.8 Å². The zero-order chi connectivity index (χ0) is 21.3. The van der Waals surface area contributed by atoms with Gasteiger partial charge in [-0.15, -0.1) is 0 Å². The van der Waals surface area contributed by atoms with Crippen molar-refractivity contribution < 1.29 is 14.0 Å². The molecule has 0 saturated heterocycles. The van der Waals surface area contributed by atoms with Crippen LogP contribution in [0.25, 0.3) is 0 Å². The fraction of sp³-hybridized carbons (Fsp3) is 0.520. The van der Waals surface area contributed by atoms with Gasteiger partial charge in [-0.1, -0.05) is 63.4 Å². The third-order valence-electron chi connectivity index (χ3n) is 5.72. The van der Waals surface area contributed by atoms with E-state index in [-0.39, 0.29) is 30.3 Å². The van der Waals surface area contributed by atoms with Crippen molar-refractivity contribution in [1.82, 2.24) is 9.80 Å². The van der Waals surface area contributed by atoms with Crippen LogP contribution >= 0.6 is 0 Å². The number of furan rings is 1. The molecular formula is C25H34N2O3. The molecule has 0 N–H and O–H groups in total. The number of hydrogen-bond acceptors (Lipinski definition) is 3. The molecule has 2 amide bonds. The van der Waals surface area contributed by atoms with E-state index in [1.807, 2.05) is 47.4 Å². The van der Waals surface area contributed by atoms with Crippen LogP contribution in [0.15, 0.2) is 53.1 Å². The number of carbonyl (C=O) groups is 2. The molecule has 1 aromatic carbocycles. The lowest BCUT2D eigenvalue weighted by atomic mass is 9.93. The summed E-state index contributed by atoms with van der Waals surface area (Å²) in [5.41, 5.74) is 1.06. The molecule has 1 aromatic heterocycles. The maximum Gasteiger partial charge on any atom is 0.242 e. The molecule has 0 bridgehead atoms. The number of rotatable bonds is 9. The van der Waals surface area contributed by atoms with Crippen LogP contribution in [0.5, 0.6) is 0 Å². The van der Waals surface area contributed by atoms with Crippen molar-refractivity contribution in [3.8, 4) is 0 Å². The Bertz CT molecular complexity index is 780. The summed E-state index contributed by atoms with van der Waals surface area (Å²) in [5, 5.41) is 0. The maximum absolute atomic E-state index is 13.4. The second-order valence-electron chi connectivity index (χ2n) is 8.73. The van der Waals surface area contributed by atoms with Gasteiger partial charge in [-0.2, -0.15) is 0 Å². The number of hydrogen-bond donors (Lipinski definition) is 0. The Morgan fingerprint density at radius 1 is 0.967 bits per heavy atom. The molecule has 162 valence electrons. The number of amides is 2. The smallest absolute Gasteiger partial charge is 0.242 e. The van der Waals surface area contributed by atoms with Crippen LogP contribution in [0.4, 0.5) is 0 Å². The standard InChI is InChI=1S/C25H34N2O3/c1-20(2)16-24(28)27(22-12-7-4-8-13-22)19-25(29)26(18-23-14-9-15-30-23)17-21-10-5-3-6-11-21/h3,5-6,9-11,14-15,20,22H,4,7-8,12-13,16-19H2,1-2H3. The van der Waals surface area contributed by atoms with Gasteiger partial charge in [0.25, 0.3) is 0 Å². The van der Waals surface area contributed by atoms with Crippen LogP contribution in [-0.4, -0.2) is 34.2 Å². The van der Waals surface area contributed by atoms with Gasteiger partial charge in [-0.3, -0.25) is 9.59 Å². The molecule has 5 heteroatoms. The van der Waals surface area contributed by atoms with Gasteiger partial charge in [0.2, 0.25) is 11.8 Å². The molecule has 1 saturated carbocycles. The molecule has 0 unspecified atom stereocenters. The second-order valence-corrected chi connectivity index (χ2v) is 8.73. The van der Waals surface area contributed by atoms with Crippen LogP contribution in [0.1, 0.15) is 63.7 Å². The Kier molecular flexibility index (Phi) is 8.12. The highest BCUT2D eigenvalue weighted by Crippen LogP contribution is 2.24. The van der Waals surface area contributed by atoms with Crippen molar-refractivity contribution in [2.24, 2.45) is 5.92 Å². The Balaban J connectivity index is 1.76. The van der Waals surface area contributed by atoms with E-state index in [4.69, 9.17) is 4.42 Å². The lowest BCUT2D eigenvalue weighted by molar-refractivity contribution is -0.144. The summed E-state index contributed by atoms with van der Waals surface area (Å²) in [5.74, 6) is 1.10. The monoisotopic (exact) mass is 410 g/mol. The second kappa shape index (κ2) is 11.0. The zero-order valence-electron chi connectivity index (χ0n) is 18.3. The van der Waals surface area contributed by atoms with E-state index < -0.39 is 0 Å². The van der Waals surface area contributed by atoms with Crippen molar-refractivity contribution in [3.63, 3.8) is 0 Å². The third-order valence-corrected chi connectivity index (χ3v) is 5.72. The lowest BCUT2D eigenvalue weighted by Crippen LogP contribution is -2.48. The Morgan fingerprint density at radius 3 is 2.33 bits per heavy atom. The number of benzene rings is 1. The average molecular weight is 411 g/mol. The summed E-state index contributed by atoms with van der Waals surface area (Å²) in [6.45, 7) is 5.15. The fourth-order valence-electron chi connectivity index (χ4n) is 4.15. The molecule has 3 rings (SSSR count). The minimum absolute atomic E-state index is 0.0297. The van der Waals surface area contributed by atoms with E-state index in [0.717, 1.165) is 37.0 Å². The molecule has 0 spiro atoms. The van der Waals surface area contributed by atoms with Gasteiger partial charge in [0, 0.05) is 19.0 Å². The van der Waals surface area contributed by atoms with Crippen molar-refractivity contribution in [3.05, 3.63) is 60.1 Å². The van der Waals surface area contributed by atoms with Gasteiger partial charge in [-0.25, -0.2) is 0 Å². The van der Waals surface area contributed by atoms with Crippen LogP contribution in [0.3, 0.4) is 0 Å². The van der Waals surface area contributed by atoms with E-state index in [9.17, 15) is 9.59 Å². The molecule has 1 aliphatic rings. The number of nitrogens with zero attached hydrogens (tertiary/aromatic N) is 2. The summed E-state index contributed by atoms with van der Waals surface area (Å²) < 4.78 is 5.50. The van der Waals surface area contributed by atoms with E-state index >= 15 is 0 Å². The molecule has 1 fully saturated rings. The Morgan fingerprint density at radius 2 is 1.70 bits per heavy atom. The predicted molar refractivity (Wildman–Crippen MR) is 117 cm³/mol. The predicted octanol–water partition coefficient (Wildman–Crippen LogP) is 5.02. The van der Waals surface area contributed by atoms with E-state index in [2.05, 4.69) is 13.8 Å². The van der Waals surface area contributed by atoms with Crippen molar-refractivity contribution in [1.29, 1.82) is 0 Å². The molecule has 2 aromatic rings. The highest BCUT2D eigenvalue weighted by molar-refractivity contribution is 5.85. The van der Waals surface area contributed by atoms with E-state index in [1.165, 1.54) is 6.42 Å². The normalized spacial score (nSPS) is 14.6. The topological polar surface area (TPSA) is 53.8 Å². The molecule has 5 nitrogen and oxygen atoms in total. The van der Waals surface area contributed by atoms with E-state index in [1.54, 1.807) is 11.2 Å². The first-order valence-corrected chi connectivity index (χ1v) is 11.2. The highest BCUT2D eigenvalue weighted by Gasteiger charge is 2.29. The molecule has 1 heterocycles. The van der Waals surface area contributed by atoms with Crippen molar-refractivity contribution in [2.75, 3.05) is 6.54 Å². The van der Waals surface area contributed by atoms with Gasteiger partial charge < -0.3 is 14.2 Å². The minimum Gasteiger partial charge on any atom is -0.467 e. The Labute approximate surface area is 180 Å². The van der Waals surface area contributed by atoms with Gasteiger partial charge in [0.05, 0.1) is 12.8 Å².